The molecule has 3 aromatic rings. The quantitative estimate of drug-likeness (QED) is 0.0862. The second-order valence-corrected chi connectivity index (χ2v) is 17.0. The number of amides is 3. The number of ether oxygens (including phenoxy) is 2. The highest BCUT2D eigenvalue weighted by atomic mass is 32.2. The van der Waals surface area contributed by atoms with Crippen molar-refractivity contribution in [3.05, 3.63) is 84.8 Å². The van der Waals surface area contributed by atoms with Crippen LogP contribution in [-0.4, -0.2) is 105 Å². The van der Waals surface area contributed by atoms with Gasteiger partial charge in [-0.25, -0.2) is 0 Å². The Hall–Kier alpha value is -6.07. The van der Waals surface area contributed by atoms with Crippen LogP contribution in [0.1, 0.15) is 100 Å². The van der Waals surface area contributed by atoms with E-state index in [0.29, 0.717) is 41.1 Å². The first-order valence-corrected chi connectivity index (χ1v) is 21.6. The fourth-order valence-corrected chi connectivity index (χ4v) is 9.68. The number of nitrogens with zero attached hydrogens (tertiary/aromatic N) is 1. The van der Waals surface area contributed by atoms with E-state index < -0.39 is 41.0 Å². The molecule has 4 atom stereocenters. The molecular formula is C45H55N7O9S. The van der Waals surface area contributed by atoms with Crippen LogP contribution < -0.4 is 27.1 Å². The number of H-pyrrole nitrogens is 3. The number of nitrogens with one attached hydrogen (secondary N) is 5. The lowest BCUT2D eigenvalue weighted by atomic mass is 9.85. The van der Waals surface area contributed by atoms with Gasteiger partial charge in [0.1, 0.15) is 6.04 Å². The molecule has 3 aromatic heterocycles. The molecule has 6 heterocycles. The summed E-state index contributed by atoms with van der Waals surface area (Å²) in [5.74, 6) is -4.13. The standard InChI is InChI=1S/C45H55N7O9S/c1-9-25-21(3)30-16-32-23(5)27(11-12-38(54)60-7)41(50-32)28(15-39(55)61-8)42-40(24(6)33(51-42)18-35-26(10-2)22(4)31(49-35)17-34(25)48-30)43(56)47-13-14-52-37(53)19-36(44(52)57)62-20-29(46)45(58)59/h9,16-18,23,27,29,36,48-51H,1,10-15,19-20,46H2,2-8H3,(H,47,56)(H,58,59)/t23-,27-,29-,36?/m0/s1. The largest absolute Gasteiger partial charge is 0.480 e. The van der Waals surface area contributed by atoms with Gasteiger partial charge in [-0.15, -0.1) is 11.8 Å². The number of aromatic amines is 3. The van der Waals surface area contributed by atoms with E-state index in [-0.39, 0.29) is 61.5 Å². The topological polar surface area (TPSA) is 242 Å². The summed E-state index contributed by atoms with van der Waals surface area (Å²) in [5.41, 5.74) is 15.1. The zero-order chi connectivity index (χ0) is 45.2. The molecule has 16 nitrogen and oxygen atoms in total. The lowest BCUT2D eigenvalue weighted by Crippen LogP contribution is -2.39. The highest BCUT2D eigenvalue weighted by Crippen LogP contribution is 2.43. The first-order chi connectivity index (χ1) is 29.5. The van der Waals surface area contributed by atoms with Crippen molar-refractivity contribution in [2.75, 3.05) is 33.1 Å². The van der Waals surface area contributed by atoms with Crippen molar-refractivity contribution in [3.63, 3.8) is 0 Å². The van der Waals surface area contributed by atoms with Crippen LogP contribution >= 0.6 is 11.8 Å². The third-order valence-electron chi connectivity index (χ3n) is 12.2. The number of carbonyl (C=O) groups excluding carboxylic acids is 5. The molecule has 0 spiro atoms. The minimum atomic E-state index is -1.20. The predicted molar refractivity (Wildman–Crippen MR) is 237 cm³/mol. The predicted octanol–water partition coefficient (Wildman–Crippen LogP) is 2.90. The van der Waals surface area contributed by atoms with Crippen molar-refractivity contribution in [1.29, 1.82) is 0 Å². The molecule has 0 aromatic carbocycles. The highest BCUT2D eigenvalue weighted by molar-refractivity contribution is 8.00. The number of hydrogen-bond acceptors (Lipinski definition) is 11. The summed E-state index contributed by atoms with van der Waals surface area (Å²) in [7, 11) is 2.63. The van der Waals surface area contributed by atoms with Crippen LogP contribution in [0.5, 0.6) is 0 Å². The zero-order valence-electron chi connectivity index (χ0n) is 36.1. The fourth-order valence-electron chi connectivity index (χ4n) is 8.57. The van der Waals surface area contributed by atoms with Gasteiger partial charge < -0.3 is 45.9 Å². The number of thioether (sulfide) groups is 1. The lowest BCUT2D eigenvalue weighted by molar-refractivity contribution is -0.141. The summed E-state index contributed by atoms with van der Waals surface area (Å²) in [6, 6.07) is -1.18. The summed E-state index contributed by atoms with van der Waals surface area (Å²) in [6.45, 7) is 13.9. The molecule has 62 heavy (non-hydrogen) atoms. The second-order valence-electron chi connectivity index (χ2n) is 15.8. The van der Waals surface area contributed by atoms with Gasteiger partial charge in [-0.2, -0.15) is 0 Å². The maximum absolute atomic E-state index is 14.6. The second kappa shape index (κ2) is 18.9. The van der Waals surface area contributed by atoms with Gasteiger partial charge >= 0.3 is 17.9 Å². The van der Waals surface area contributed by atoms with Crippen molar-refractivity contribution in [3.8, 4) is 0 Å². The summed E-state index contributed by atoms with van der Waals surface area (Å²) < 4.78 is 10.3. The number of methoxy groups -OCH3 is 2. The Kier molecular flexibility index (Phi) is 13.9. The molecule has 0 saturated carbocycles. The molecule has 3 aliphatic heterocycles. The number of esters is 2. The van der Waals surface area contributed by atoms with Gasteiger partial charge in [0.25, 0.3) is 5.91 Å². The molecular weight excluding hydrogens is 815 g/mol. The van der Waals surface area contributed by atoms with E-state index in [9.17, 15) is 28.8 Å². The van der Waals surface area contributed by atoms with Crippen molar-refractivity contribution in [1.82, 2.24) is 30.5 Å². The Morgan fingerprint density at radius 3 is 2.35 bits per heavy atom. The zero-order valence-corrected chi connectivity index (χ0v) is 36.9. The molecule has 8 bridgehead atoms. The summed E-state index contributed by atoms with van der Waals surface area (Å²) in [5, 5.41) is 16.6. The van der Waals surface area contributed by atoms with Gasteiger partial charge in [0, 0.05) is 93.8 Å². The minimum absolute atomic E-state index is 0.0412. The van der Waals surface area contributed by atoms with Crippen LogP contribution in [0.4, 0.5) is 0 Å². The van der Waals surface area contributed by atoms with E-state index in [2.05, 4.69) is 52.1 Å². The van der Waals surface area contributed by atoms with Gasteiger partial charge in [0.2, 0.25) is 11.8 Å². The average molecular weight is 870 g/mol. The van der Waals surface area contributed by atoms with Crippen LogP contribution in [0.2, 0.25) is 0 Å². The number of rotatable bonds is 15. The molecule has 6 rings (SSSR count). The molecule has 2 saturated heterocycles. The summed E-state index contributed by atoms with van der Waals surface area (Å²) in [6.07, 6.45) is 8.71. The monoisotopic (exact) mass is 869 g/mol. The van der Waals surface area contributed by atoms with E-state index in [4.69, 9.17) is 20.3 Å². The average Bonchev–Trinajstić information content (AvgIpc) is 3.99. The number of carboxylic acids is 1. The summed E-state index contributed by atoms with van der Waals surface area (Å²) in [4.78, 5) is 89.7. The SMILES string of the molecule is C=Cc1c2[nH]c(c1C)C=C1NC(=C(CC(=O)OC)c3[nH]c(c(C)c3C(=O)NCCN3C(=O)CC(SC[C@H](N)C(=O)O)C3=O)C=c3[nH]c(c(C)c3CC)=C2)[C@@H](CCC(=O)OC)[C@@H]1C. The molecule has 2 fully saturated rings. The molecule has 0 radical (unpaired) electrons. The Balaban J connectivity index is 1.51. The normalized spacial score (nSPS) is 18.7. The van der Waals surface area contributed by atoms with Gasteiger partial charge in [0.05, 0.1) is 37.1 Å². The van der Waals surface area contributed by atoms with Crippen molar-refractivity contribution in [2.24, 2.45) is 17.6 Å². The van der Waals surface area contributed by atoms with Crippen molar-refractivity contribution >= 4 is 77.3 Å². The number of carboxylic acid groups (broad SMARTS) is 1. The van der Waals surface area contributed by atoms with Gasteiger partial charge in [-0.05, 0) is 74.1 Å². The van der Waals surface area contributed by atoms with Gasteiger partial charge in [-0.1, -0.05) is 26.5 Å². The van der Waals surface area contributed by atoms with E-state index >= 15 is 0 Å². The smallest absolute Gasteiger partial charge is 0.321 e. The maximum Gasteiger partial charge on any atom is 0.321 e. The van der Waals surface area contributed by atoms with Gasteiger partial charge in [-0.3, -0.25) is 33.7 Å². The number of carbonyl (C=O) groups is 6. The van der Waals surface area contributed by atoms with Crippen LogP contribution in [0.15, 0.2) is 18.0 Å². The van der Waals surface area contributed by atoms with Crippen LogP contribution in [0.3, 0.4) is 0 Å². The van der Waals surface area contributed by atoms with Crippen molar-refractivity contribution in [2.45, 2.75) is 78.0 Å². The lowest BCUT2D eigenvalue weighted by Gasteiger charge is -2.20. The Morgan fingerprint density at radius 2 is 1.69 bits per heavy atom. The molecule has 1 unspecified atom stereocenters. The minimum Gasteiger partial charge on any atom is -0.480 e. The number of aliphatic carboxylic acids is 1. The third-order valence-corrected chi connectivity index (χ3v) is 13.5. The van der Waals surface area contributed by atoms with E-state index in [1.54, 1.807) is 0 Å². The molecule has 3 aliphatic rings. The number of imide groups is 1. The van der Waals surface area contributed by atoms with E-state index in [1.165, 1.54) is 14.2 Å². The Morgan fingerprint density at radius 1 is 1.00 bits per heavy atom. The highest BCUT2D eigenvalue weighted by Gasteiger charge is 2.40. The van der Waals surface area contributed by atoms with Crippen LogP contribution in [0.25, 0.3) is 29.9 Å². The molecule has 8 N–H and O–H groups in total. The Bertz CT molecular complexity index is 2540. The summed E-state index contributed by atoms with van der Waals surface area (Å²) >= 11 is 1.02. The number of aromatic nitrogens is 3. The van der Waals surface area contributed by atoms with Crippen molar-refractivity contribution < 1.29 is 43.3 Å². The van der Waals surface area contributed by atoms with Crippen LogP contribution in [0, 0.1) is 32.6 Å². The first-order valence-electron chi connectivity index (χ1n) is 20.6. The van der Waals surface area contributed by atoms with Gasteiger partial charge in [0.15, 0.2) is 0 Å². The molecule has 3 amide bonds. The number of allylic oxidation sites excluding steroid dienone is 2. The van der Waals surface area contributed by atoms with Crippen LogP contribution in [-0.2, 0) is 39.9 Å². The molecule has 17 heteroatoms. The molecule has 330 valence electrons. The number of likely N-dealkylation sites (tertiary alicyclic amines) is 1. The van der Waals surface area contributed by atoms with E-state index in [0.717, 1.165) is 66.7 Å². The number of hydrogen-bond donors (Lipinski definition) is 7. The number of nitrogens with two attached hydrogens (primary N) is 1. The number of fused-ring (bicyclic) bond motifs is 8. The first kappa shape index (κ1) is 45.5. The third kappa shape index (κ3) is 8.95. The maximum atomic E-state index is 14.6. The van der Waals surface area contributed by atoms with E-state index in [1.807, 2.05) is 39.0 Å². The molecule has 0 aliphatic carbocycles. The Labute approximate surface area is 363 Å². The fraction of sp³-hybridized carbons (Fsp3) is 0.422.